The average molecular weight is 765 g/mol. The van der Waals surface area contributed by atoms with E-state index < -0.39 is 0 Å². The van der Waals surface area contributed by atoms with Crippen molar-refractivity contribution in [2.45, 2.75) is 13.8 Å². The van der Waals surface area contributed by atoms with Gasteiger partial charge in [0.25, 0.3) is 0 Å². The summed E-state index contributed by atoms with van der Waals surface area (Å²) in [6.07, 6.45) is 0. The molecule has 0 aliphatic heterocycles. The molecule has 12 aromatic rings. The van der Waals surface area contributed by atoms with Crippen molar-refractivity contribution in [2.75, 3.05) is 0 Å². The Kier molecular flexibility index (Phi) is 7.70. The van der Waals surface area contributed by atoms with Gasteiger partial charge in [-0.2, -0.15) is 0 Å². The molecule has 0 atom stereocenters. The number of aryl methyl sites for hydroxylation is 2. The number of hydrogen-bond acceptors (Lipinski definition) is 0. The number of rotatable bonds is 5. The van der Waals surface area contributed by atoms with E-state index >= 15 is 0 Å². The molecule has 0 bridgehead atoms. The van der Waals surface area contributed by atoms with Crippen LogP contribution in [0.25, 0.3) is 110 Å². The Balaban J connectivity index is 1.05. The first-order chi connectivity index (χ1) is 29.6. The van der Waals surface area contributed by atoms with Crippen LogP contribution in [-0.4, -0.2) is 9.13 Å². The Morgan fingerprint density at radius 2 is 0.617 bits per heavy atom. The third-order valence-corrected chi connectivity index (χ3v) is 12.6. The van der Waals surface area contributed by atoms with Crippen LogP contribution in [0.3, 0.4) is 0 Å². The second kappa shape index (κ2) is 13.4. The van der Waals surface area contributed by atoms with Gasteiger partial charge < -0.3 is 9.13 Å². The first-order valence-corrected chi connectivity index (χ1v) is 20.8. The van der Waals surface area contributed by atoms with Gasteiger partial charge in [-0.3, -0.25) is 0 Å². The number of nitrogens with zero attached hydrogens (tertiary/aromatic N) is 2. The number of hydrogen-bond donors (Lipinski definition) is 0. The van der Waals surface area contributed by atoms with E-state index in [0.717, 1.165) is 11.4 Å². The van der Waals surface area contributed by atoms with Crippen LogP contribution in [0, 0.1) is 13.8 Å². The van der Waals surface area contributed by atoms with Gasteiger partial charge >= 0.3 is 0 Å². The molecule has 12 rings (SSSR count). The van der Waals surface area contributed by atoms with Gasteiger partial charge in [0.2, 0.25) is 0 Å². The molecule has 2 heteroatoms. The highest BCUT2D eigenvalue weighted by atomic mass is 15.0. The summed E-state index contributed by atoms with van der Waals surface area (Å²) in [5.74, 6) is 0. The number of para-hydroxylation sites is 4. The van der Waals surface area contributed by atoms with E-state index in [1.54, 1.807) is 0 Å². The monoisotopic (exact) mass is 764 g/mol. The summed E-state index contributed by atoms with van der Waals surface area (Å²) in [4.78, 5) is 0. The minimum Gasteiger partial charge on any atom is -0.309 e. The highest BCUT2D eigenvalue weighted by molar-refractivity contribution is 6.19. The van der Waals surface area contributed by atoms with Gasteiger partial charge in [-0.1, -0.05) is 163 Å². The molecule has 0 radical (unpaired) electrons. The normalized spacial score (nSPS) is 11.8. The Morgan fingerprint density at radius 3 is 1.00 bits per heavy atom. The zero-order valence-corrected chi connectivity index (χ0v) is 33.5. The molecule has 2 nitrogen and oxygen atoms in total. The summed E-state index contributed by atoms with van der Waals surface area (Å²) < 4.78 is 4.78. The maximum Gasteiger partial charge on any atom is 0.0541 e. The lowest BCUT2D eigenvalue weighted by Gasteiger charge is -2.18. The third-order valence-electron chi connectivity index (χ3n) is 12.6. The van der Waals surface area contributed by atoms with Crippen molar-refractivity contribution in [1.82, 2.24) is 9.13 Å². The van der Waals surface area contributed by atoms with Crippen molar-refractivity contribution < 1.29 is 0 Å². The Bertz CT molecular complexity index is 3310. The van der Waals surface area contributed by atoms with Crippen molar-refractivity contribution >= 4 is 65.2 Å². The Morgan fingerprint density at radius 1 is 0.267 bits per heavy atom. The van der Waals surface area contributed by atoms with Gasteiger partial charge in [-0.05, 0) is 123 Å². The maximum absolute atomic E-state index is 2.45. The number of benzene rings is 10. The van der Waals surface area contributed by atoms with Gasteiger partial charge in [0.1, 0.15) is 0 Å². The van der Waals surface area contributed by atoms with Crippen LogP contribution in [0.5, 0.6) is 0 Å². The molecule has 2 heterocycles. The molecule has 0 aliphatic rings. The third kappa shape index (κ3) is 5.28. The fourth-order valence-corrected chi connectivity index (χ4v) is 10.1. The molecule has 2 aromatic heterocycles. The summed E-state index contributed by atoms with van der Waals surface area (Å²) in [6.45, 7) is 4.41. The zero-order valence-electron chi connectivity index (χ0n) is 33.5. The van der Waals surface area contributed by atoms with Crippen LogP contribution in [0.1, 0.15) is 11.1 Å². The van der Waals surface area contributed by atoms with Crippen molar-refractivity contribution in [2.24, 2.45) is 0 Å². The van der Waals surface area contributed by atoms with Gasteiger partial charge in [-0.25, -0.2) is 0 Å². The van der Waals surface area contributed by atoms with Crippen LogP contribution in [-0.2, 0) is 0 Å². The minimum atomic E-state index is 1.16. The molecule has 282 valence electrons. The van der Waals surface area contributed by atoms with Crippen molar-refractivity contribution in [3.8, 4) is 44.8 Å². The van der Waals surface area contributed by atoms with E-state index in [0.29, 0.717) is 0 Å². The molecule has 0 spiro atoms. The van der Waals surface area contributed by atoms with Crippen LogP contribution in [0.4, 0.5) is 0 Å². The van der Waals surface area contributed by atoms with E-state index in [-0.39, 0.29) is 0 Å². The Hall–Kier alpha value is -7.68. The number of fused-ring (bicyclic) bond motifs is 8. The molecule has 10 aromatic carbocycles. The van der Waals surface area contributed by atoms with Crippen LogP contribution < -0.4 is 0 Å². The molecule has 0 fully saturated rings. The van der Waals surface area contributed by atoms with E-state index in [2.05, 4.69) is 229 Å². The molecule has 0 unspecified atom stereocenters. The molecular formula is C58H40N2. The van der Waals surface area contributed by atoms with Crippen molar-refractivity contribution in [3.63, 3.8) is 0 Å². The SMILES string of the molecule is Cc1cc(C)cc(-c2c3cccc(-c4ccc(-n5c6ccccc6c6ccccc65)cc4)c3cc3c(-c4ccc(-n5c6ccccc6c6ccccc65)cc4)cccc23)c1. The quantitative estimate of drug-likeness (QED) is 0.155. The number of aromatic nitrogens is 2. The summed E-state index contributed by atoms with van der Waals surface area (Å²) in [6, 6.07) is 76.3. The lowest BCUT2D eigenvalue weighted by Crippen LogP contribution is -1.95. The zero-order chi connectivity index (χ0) is 39.9. The van der Waals surface area contributed by atoms with E-state index in [1.165, 1.54) is 110 Å². The summed E-state index contributed by atoms with van der Waals surface area (Å²) in [7, 11) is 0. The maximum atomic E-state index is 2.45. The van der Waals surface area contributed by atoms with E-state index in [4.69, 9.17) is 0 Å². The molecule has 0 aliphatic carbocycles. The minimum absolute atomic E-state index is 1.16. The van der Waals surface area contributed by atoms with Gasteiger partial charge in [0.15, 0.2) is 0 Å². The predicted octanol–water partition coefficient (Wildman–Crippen LogP) is 15.8. The first kappa shape index (κ1) is 34.4. The van der Waals surface area contributed by atoms with Gasteiger partial charge in [0.05, 0.1) is 22.1 Å². The van der Waals surface area contributed by atoms with Crippen LogP contribution in [0.2, 0.25) is 0 Å². The lowest BCUT2D eigenvalue weighted by molar-refractivity contribution is 1.18. The smallest absolute Gasteiger partial charge is 0.0541 e. The molecule has 0 amide bonds. The second-order valence-corrected chi connectivity index (χ2v) is 16.3. The molecule has 60 heavy (non-hydrogen) atoms. The fraction of sp³-hybridized carbons (Fsp3) is 0.0345. The summed E-state index contributed by atoms with van der Waals surface area (Å²) >= 11 is 0. The molecule has 0 N–H and O–H groups in total. The lowest BCUT2D eigenvalue weighted by atomic mass is 9.85. The van der Waals surface area contributed by atoms with Crippen LogP contribution >= 0.6 is 0 Å². The average Bonchev–Trinajstić information content (AvgIpc) is 3.81. The highest BCUT2D eigenvalue weighted by Gasteiger charge is 2.18. The summed E-state index contributed by atoms with van der Waals surface area (Å²) in [5, 5.41) is 10.1. The van der Waals surface area contributed by atoms with Crippen molar-refractivity contribution in [3.05, 3.63) is 217 Å². The largest absolute Gasteiger partial charge is 0.309 e. The fourth-order valence-electron chi connectivity index (χ4n) is 10.1. The molecular weight excluding hydrogens is 725 g/mol. The van der Waals surface area contributed by atoms with E-state index in [9.17, 15) is 0 Å². The predicted molar refractivity (Wildman–Crippen MR) is 256 cm³/mol. The Labute approximate surface area is 348 Å². The molecule has 0 saturated heterocycles. The van der Waals surface area contributed by atoms with Gasteiger partial charge in [-0.15, -0.1) is 0 Å². The second-order valence-electron chi connectivity index (χ2n) is 16.3. The molecule has 0 saturated carbocycles. The van der Waals surface area contributed by atoms with E-state index in [1.807, 2.05) is 0 Å². The van der Waals surface area contributed by atoms with Crippen LogP contribution in [0.15, 0.2) is 206 Å². The highest BCUT2D eigenvalue weighted by Crippen LogP contribution is 2.44. The van der Waals surface area contributed by atoms with Gasteiger partial charge in [0, 0.05) is 32.9 Å². The topological polar surface area (TPSA) is 9.86 Å². The first-order valence-electron chi connectivity index (χ1n) is 20.8. The standard InChI is InChI=1S/C58H40N2/c1-37-33-38(2)35-41(34-37)58-50-19-11-17-44(39-25-29-42(30-26-39)59-54-21-7-3-13-46(54)47-14-4-8-22-55(47)59)52(50)36-53-45(18-12-20-51(53)58)40-27-31-43(32-28-40)60-56-23-9-5-15-48(56)49-16-6-10-24-57(49)60/h3-36H,1-2H3. The van der Waals surface area contributed by atoms with Crippen molar-refractivity contribution in [1.29, 1.82) is 0 Å². The summed E-state index contributed by atoms with van der Waals surface area (Å²) in [5.41, 5.74) is 17.1.